The summed E-state index contributed by atoms with van der Waals surface area (Å²) in [4.78, 5) is 42.0. The Morgan fingerprint density at radius 3 is 2.72 bits per heavy atom. The van der Waals surface area contributed by atoms with Crippen LogP contribution in [0.4, 0.5) is 11.5 Å². The predicted molar refractivity (Wildman–Crippen MR) is 121 cm³/mol. The molecule has 174 valence electrons. The molecule has 0 bridgehead atoms. The van der Waals surface area contributed by atoms with Gasteiger partial charge in [-0.05, 0) is 18.1 Å². The second-order valence-corrected chi connectivity index (χ2v) is 8.19. The maximum atomic E-state index is 13.5. The van der Waals surface area contributed by atoms with E-state index in [1.165, 1.54) is 28.7 Å². The van der Waals surface area contributed by atoms with Crippen LogP contribution in [0.5, 0.6) is 11.5 Å². The number of nitrogens with one attached hydrogen (secondary N) is 1. The Morgan fingerprint density at radius 1 is 1.31 bits per heavy atom. The van der Waals surface area contributed by atoms with E-state index in [-0.39, 0.29) is 47.7 Å². The third-order valence-electron chi connectivity index (χ3n) is 4.85. The Balaban J connectivity index is 2.11. The van der Waals surface area contributed by atoms with Crippen LogP contribution < -0.4 is 31.4 Å². The molecular weight excluding hydrogens is 440 g/mol. The summed E-state index contributed by atoms with van der Waals surface area (Å²) in [7, 11) is 1.47. The number of benzene rings is 1. The Kier molecular flexibility index (Phi) is 7.47. The standard InChI is InChI=1S/C21H27ClN4O6/c1-12(2)11-26-18(23)16(19(27)24-21(26)29)25(5-8-30-3)20(28)13-9-14(22)17-15(10-13)31-6-4-7-32-17/h9-10,12H,4-8,11,23H2,1-3H3,(H,24,27,29). The van der Waals surface area contributed by atoms with Gasteiger partial charge in [0.05, 0.1) is 24.8 Å². The first kappa shape index (κ1) is 23.7. The Labute approximate surface area is 189 Å². The monoisotopic (exact) mass is 466 g/mol. The summed E-state index contributed by atoms with van der Waals surface area (Å²) in [5.74, 6) is 0.144. The van der Waals surface area contributed by atoms with Crippen molar-refractivity contribution in [3.05, 3.63) is 43.6 Å². The molecule has 0 radical (unpaired) electrons. The molecule has 0 fully saturated rings. The van der Waals surface area contributed by atoms with Crippen molar-refractivity contribution in [3.63, 3.8) is 0 Å². The van der Waals surface area contributed by atoms with Gasteiger partial charge in [0.1, 0.15) is 5.82 Å². The van der Waals surface area contributed by atoms with Crippen molar-refractivity contribution in [2.45, 2.75) is 26.8 Å². The highest BCUT2D eigenvalue weighted by Crippen LogP contribution is 2.38. The van der Waals surface area contributed by atoms with Gasteiger partial charge in [-0.1, -0.05) is 25.4 Å². The topological polar surface area (TPSA) is 129 Å². The van der Waals surface area contributed by atoms with Crippen molar-refractivity contribution in [3.8, 4) is 11.5 Å². The molecule has 1 aromatic carbocycles. The molecule has 3 rings (SSSR count). The quantitative estimate of drug-likeness (QED) is 0.637. The van der Waals surface area contributed by atoms with E-state index in [1.807, 2.05) is 13.8 Å². The summed E-state index contributed by atoms with van der Waals surface area (Å²) >= 11 is 6.35. The second-order valence-electron chi connectivity index (χ2n) is 7.78. The number of nitrogens with two attached hydrogens (primary N) is 1. The minimum absolute atomic E-state index is 0.0224. The van der Waals surface area contributed by atoms with Crippen molar-refractivity contribution < 1.29 is 19.0 Å². The first-order chi connectivity index (χ1) is 15.2. The number of carbonyl (C=O) groups is 1. The van der Waals surface area contributed by atoms with Crippen LogP contribution in [0.1, 0.15) is 30.6 Å². The smallest absolute Gasteiger partial charge is 0.330 e. The molecule has 2 heterocycles. The van der Waals surface area contributed by atoms with E-state index >= 15 is 0 Å². The van der Waals surface area contributed by atoms with Crippen LogP contribution in [0.2, 0.25) is 5.02 Å². The summed E-state index contributed by atoms with van der Waals surface area (Å²) in [5, 5.41) is 0.214. The number of ether oxygens (including phenoxy) is 3. The molecule has 1 amide bonds. The molecule has 10 nitrogen and oxygen atoms in total. The summed E-state index contributed by atoms with van der Waals surface area (Å²) in [5.41, 5.74) is 4.87. The van der Waals surface area contributed by atoms with Crippen molar-refractivity contribution >= 4 is 29.0 Å². The Hall–Kier alpha value is -2.98. The Morgan fingerprint density at radius 2 is 2.03 bits per heavy atom. The third-order valence-corrected chi connectivity index (χ3v) is 5.13. The van der Waals surface area contributed by atoms with Crippen LogP contribution in [0.3, 0.4) is 0 Å². The van der Waals surface area contributed by atoms with E-state index in [1.54, 1.807) is 0 Å². The van der Waals surface area contributed by atoms with Crippen LogP contribution in [-0.2, 0) is 11.3 Å². The van der Waals surface area contributed by atoms with Gasteiger partial charge in [0, 0.05) is 32.2 Å². The van der Waals surface area contributed by atoms with E-state index in [2.05, 4.69) is 4.98 Å². The van der Waals surface area contributed by atoms with Gasteiger partial charge in [-0.2, -0.15) is 0 Å². The number of amides is 1. The first-order valence-electron chi connectivity index (χ1n) is 10.3. The lowest BCUT2D eigenvalue weighted by atomic mass is 10.1. The molecular formula is C21H27ClN4O6. The van der Waals surface area contributed by atoms with Gasteiger partial charge in [0.15, 0.2) is 17.2 Å². The SMILES string of the molecule is COCCN(C(=O)c1cc(Cl)c2c(c1)OCCCO2)c1c(N)n(CC(C)C)c(=O)[nH]c1=O. The minimum Gasteiger partial charge on any atom is -0.489 e. The fraction of sp³-hybridized carbons (Fsp3) is 0.476. The van der Waals surface area contributed by atoms with E-state index < -0.39 is 17.2 Å². The number of hydrogen-bond donors (Lipinski definition) is 2. The maximum absolute atomic E-state index is 13.5. The predicted octanol–water partition coefficient (Wildman–Crippen LogP) is 1.88. The van der Waals surface area contributed by atoms with Crippen LogP contribution in [-0.4, -0.2) is 48.9 Å². The molecule has 1 aromatic heterocycles. The van der Waals surface area contributed by atoms with Crippen LogP contribution in [0, 0.1) is 5.92 Å². The molecule has 3 N–H and O–H groups in total. The minimum atomic E-state index is -0.766. The molecule has 0 aliphatic carbocycles. The lowest BCUT2D eigenvalue weighted by Gasteiger charge is -2.25. The number of aromatic amines is 1. The summed E-state index contributed by atoms with van der Waals surface area (Å²) < 4.78 is 17.7. The zero-order valence-electron chi connectivity index (χ0n) is 18.3. The average Bonchev–Trinajstić information content (AvgIpc) is 2.98. The van der Waals surface area contributed by atoms with Crippen LogP contribution in [0.25, 0.3) is 0 Å². The molecule has 1 aliphatic rings. The van der Waals surface area contributed by atoms with Gasteiger partial charge in [-0.25, -0.2) is 4.79 Å². The van der Waals surface area contributed by atoms with Gasteiger partial charge in [0.2, 0.25) is 0 Å². The van der Waals surface area contributed by atoms with Gasteiger partial charge in [-0.15, -0.1) is 0 Å². The van der Waals surface area contributed by atoms with Crippen molar-refractivity contribution in [1.29, 1.82) is 0 Å². The number of nitrogens with zero attached hydrogens (tertiary/aromatic N) is 2. The summed E-state index contributed by atoms with van der Waals surface area (Å²) in [6.45, 7) is 5.11. The van der Waals surface area contributed by atoms with E-state index in [0.29, 0.717) is 31.1 Å². The molecule has 1 aliphatic heterocycles. The van der Waals surface area contributed by atoms with Crippen LogP contribution in [0.15, 0.2) is 21.7 Å². The highest BCUT2D eigenvalue weighted by molar-refractivity contribution is 6.33. The number of fused-ring (bicyclic) bond motifs is 1. The van der Waals surface area contributed by atoms with Gasteiger partial charge < -0.3 is 19.9 Å². The molecule has 2 aromatic rings. The zero-order valence-corrected chi connectivity index (χ0v) is 19.0. The van der Waals surface area contributed by atoms with Crippen molar-refractivity contribution in [2.24, 2.45) is 5.92 Å². The molecule has 11 heteroatoms. The molecule has 0 unspecified atom stereocenters. The molecule has 0 saturated carbocycles. The largest absolute Gasteiger partial charge is 0.489 e. The molecule has 0 saturated heterocycles. The first-order valence-corrected chi connectivity index (χ1v) is 10.6. The maximum Gasteiger partial charge on any atom is 0.330 e. The van der Waals surface area contributed by atoms with E-state index in [0.717, 1.165) is 0 Å². The molecule has 0 atom stereocenters. The van der Waals surface area contributed by atoms with Crippen molar-refractivity contribution in [1.82, 2.24) is 9.55 Å². The average molecular weight is 467 g/mol. The van der Waals surface area contributed by atoms with Gasteiger partial charge in [0.25, 0.3) is 11.5 Å². The second kappa shape index (κ2) is 10.1. The lowest BCUT2D eigenvalue weighted by Crippen LogP contribution is -2.42. The zero-order chi connectivity index (χ0) is 23.4. The number of aromatic nitrogens is 2. The number of carbonyl (C=O) groups excluding carboxylic acids is 1. The number of methoxy groups -OCH3 is 1. The molecule has 0 spiro atoms. The lowest BCUT2D eigenvalue weighted by molar-refractivity contribution is 0.0975. The number of H-pyrrole nitrogens is 1. The highest BCUT2D eigenvalue weighted by atomic mass is 35.5. The number of rotatable bonds is 7. The highest BCUT2D eigenvalue weighted by Gasteiger charge is 2.27. The number of halogens is 1. The van der Waals surface area contributed by atoms with E-state index in [9.17, 15) is 14.4 Å². The van der Waals surface area contributed by atoms with Gasteiger partial charge >= 0.3 is 5.69 Å². The normalized spacial score (nSPS) is 13.2. The third kappa shape index (κ3) is 4.91. The summed E-state index contributed by atoms with van der Waals surface area (Å²) in [6, 6.07) is 2.97. The summed E-state index contributed by atoms with van der Waals surface area (Å²) in [6.07, 6.45) is 0.678. The van der Waals surface area contributed by atoms with Crippen LogP contribution >= 0.6 is 11.6 Å². The van der Waals surface area contributed by atoms with Crippen molar-refractivity contribution in [2.75, 3.05) is 44.1 Å². The van der Waals surface area contributed by atoms with Gasteiger partial charge in [-0.3, -0.25) is 24.0 Å². The Bertz CT molecular complexity index is 1110. The fourth-order valence-electron chi connectivity index (χ4n) is 3.39. The number of nitrogen functional groups attached to an aromatic ring is 1. The fourth-order valence-corrected chi connectivity index (χ4v) is 3.66. The number of anilines is 2. The number of hydrogen-bond acceptors (Lipinski definition) is 7. The molecule has 32 heavy (non-hydrogen) atoms. The van der Waals surface area contributed by atoms with E-state index in [4.69, 9.17) is 31.5 Å².